The first kappa shape index (κ1) is 27.7. The fourth-order valence-corrected chi connectivity index (χ4v) is 4.09. The van der Waals surface area contributed by atoms with Crippen molar-refractivity contribution in [3.05, 3.63) is 18.0 Å². The van der Waals surface area contributed by atoms with Crippen molar-refractivity contribution in [2.75, 3.05) is 32.7 Å². The number of carbonyl (C=O) groups excluding carboxylic acids is 1. The third kappa shape index (κ3) is 9.33. The van der Waals surface area contributed by atoms with Gasteiger partial charge in [-0.25, -0.2) is 4.79 Å². The van der Waals surface area contributed by atoms with E-state index in [0.29, 0.717) is 5.92 Å². The molecule has 1 aliphatic heterocycles. The van der Waals surface area contributed by atoms with Crippen LogP contribution in [0.15, 0.2) is 17.4 Å². The molecule has 2 heterocycles. The van der Waals surface area contributed by atoms with Crippen LogP contribution in [0.4, 0.5) is 4.79 Å². The van der Waals surface area contributed by atoms with Crippen LogP contribution in [0.5, 0.6) is 0 Å². The van der Waals surface area contributed by atoms with E-state index in [1.54, 1.807) is 0 Å². The van der Waals surface area contributed by atoms with Gasteiger partial charge in [0.2, 0.25) is 0 Å². The summed E-state index contributed by atoms with van der Waals surface area (Å²) in [6, 6.07) is 0.243. The second kappa shape index (κ2) is 12.8. The number of ether oxygens (including phenoxy) is 1. The zero-order chi connectivity index (χ0) is 23.1. The smallest absolute Gasteiger partial charge is 0.410 e. The third-order valence-electron chi connectivity index (χ3n) is 5.89. The minimum absolute atomic E-state index is 0. The molecule has 3 rings (SSSR count). The maximum atomic E-state index is 12.9. The Balaban J connectivity index is 0.00000385. The number of amides is 1. The standard InChI is InChI=1S/C24H42N6O2.HI/c1-6-25-22(26-12-7-13-29-17-19(2)16-27-29)28-14-10-21(11-15-28)30(18-20-8-9-20)23(31)32-24(3,4)5;/h16-17,20-21H,6-15,18H2,1-5H3,(H,25,26);1H. The Hall–Kier alpha value is -1.52. The molecule has 0 bridgehead atoms. The topological polar surface area (TPSA) is 75.0 Å². The molecule has 1 aromatic heterocycles. The van der Waals surface area contributed by atoms with Crippen molar-refractivity contribution in [1.82, 2.24) is 24.9 Å². The number of likely N-dealkylation sites (tertiary alicyclic amines) is 1. The van der Waals surface area contributed by atoms with Crippen LogP contribution in [0.3, 0.4) is 0 Å². The highest BCUT2D eigenvalue weighted by Gasteiger charge is 2.35. The Bertz CT molecular complexity index is 763. The van der Waals surface area contributed by atoms with Crippen LogP contribution >= 0.6 is 24.0 Å². The predicted octanol–water partition coefficient (Wildman–Crippen LogP) is 4.28. The number of nitrogens with one attached hydrogen (secondary N) is 1. The highest BCUT2D eigenvalue weighted by Crippen LogP contribution is 2.32. The zero-order valence-electron chi connectivity index (χ0n) is 21.0. The van der Waals surface area contributed by atoms with E-state index in [4.69, 9.17) is 9.73 Å². The van der Waals surface area contributed by atoms with Gasteiger partial charge in [-0.15, -0.1) is 24.0 Å². The van der Waals surface area contributed by atoms with Crippen molar-refractivity contribution >= 4 is 36.0 Å². The molecule has 0 radical (unpaired) electrons. The number of halogens is 1. The molecule has 9 heteroatoms. The Morgan fingerprint density at radius 1 is 1.27 bits per heavy atom. The van der Waals surface area contributed by atoms with Gasteiger partial charge in [-0.05, 0) is 78.2 Å². The molecule has 1 saturated carbocycles. The normalized spacial score (nSPS) is 17.5. The van der Waals surface area contributed by atoms with Gasteiger partial charge in [0.1, 0.15) is 5.60 Å². The lowest BCUT2D eigenvalue weighted by molar-refractivity contribution is 0.00928. The molecule has 2 fully saturated rings. The SMILES string of the molecule is CCNC(=NCCCn1cc(C)cn1)N1CCC(N(CC2CC2)C(=O)OC(C)(C)C)CC1.I. The third-order valence-corrected chi connectivity index (χ3v) is 5.89. The van der Waals surface area contributed by atoms with Crippen molar-refractivity contribution in [3.63, 3.8) is 0 Å². The molecule has 1 saturated heterocycles. The van der Waals surface area contributed by atoms with E-state index in [2.05, 4.69) is 35.4 Å². The van der Waals surface area contributed by atoms with E-state index in [1.165, 1.54) is 18.4 Å². The minimum atomic E-state index is -0.459. The quantitative estimate of drug-likeness (QED) is 0.217. The van der Waals surface area contributed by atoms with Crippen LogP contribution in [0.25, 0.3) is 0 Å². The number of aryl methyl sites for hydroxylation is 2. The van der Waals surface area contributed by atoms with Gasteiger partial charge in [-0.3, -0.25) is 9.67 Å². The summed E-state index contributed by atoms with van der Waals surface area (Å²) in [5, 5.41) is 7.79. The number of carbonyl (C=O) groups is 1. The van der Waals surface area contributed by atoms with E-state index in [1.807, 2.05) is 36.5 Å². The molecule has 1 N–H and O–H groups in total. The number of guanidine groups is 1. The first-order valence-corrected chi connectivity index (χ1v) is 12.3. The number of hydrogen-bond donors (Lipinski definition) is 1. The second-order valence-corrected chi connectivity index (χ2v) is 10.2. The molecule has 2 aliphatic rings. The van der Waals surface area contributed by atoms with Crippen LogP contribution in [0.2, 0.25) is 0 Å². The van der Waals surface area contributed by atoms with E-state index >= 15 is 0 Å². The summed E-state index contributed by atoms with van der Waals surface area (Å²) in [5.41, 5.74) is 0.728. The number of aliphatic imine (C=N–C) groups is 1. The molecule has 33 heavy (non-hydrogen) atoms. The maximum Gasteiger partial charge on any atom is 0.410 e. The number of rotatable bonds is 8. The largest absolute Gasteiger partial charge is 0.444 e. The van der Waals surface area contributed by atoms with Gasteiger partial charge in [0.25, 0.3) is 0 Å². The van der Waals surface area contributed by atoms with Gasteiger partial charge in [0.05, 0.1) is 6.20 Å². The van der Waals surface area contributed by atoms with E-state index in [9.17, 15) is 4.79 Å². The van der Waals surface area contributed by atoms with Gasteiger partial charge in [0, 0.05) is 51.5 Å². The molecule has 1 aliphatic carbocycles. The van der Waals surface area contributed by atoms with E-state index in [-0.39, 0.29) is 36.1 Å². The average molecular weight is 575 g/mol. The zero-order valence-corrected chi connectivity index (χ0v) is 23.4. The van der Waals surface area contributed by atoms with E-state index < -0.39 is 5.60 Å². The van der Waals surface area contributed by atoms with Crippen molar-refractivity contribution < 1.29 is 9.53 Å². The molecular weight excluding hydrogens is 531 g/mol. The van der Waals surface area contributed by atoms with Gasteiger partial charge in [-0.2, -0.15) is 5.10 Å². The van der Waals surface area contributed by atoms with Crippen molar-refractivity contribution in [1.29, 1.82) is 0 Å². The highest BCUT2D eigenvalue weighted by molar-refractivity contribution is 14.0. The van der Waals surface area contributed by atoms with Gasteiger partial charge < -0.3 is 19.9 Å². The lowest BCUT2D eigenvalue weighted by atomic mass is 10.0. The Labute approximate surface area is 216 Å². The van der Waals surface area contributed by atoms with Crippen molar-refractivity contribution in [2.24, 2.45) is 10.9 Å². The summed E-state index contributed by atoms with van der Waals surface area (Å²) >= 11 is 0. The number of hydrogen-bond acceptors (Lipinski definition) is 4. The molecule has 188 valence electrons. The number of piperidine rings is 1. The maximum absolute atomic E-state index is 12.9. The van der Waals surface area contributed by atoms with Gasteiger partial charge in [0.15, 0.2) is 5.96 Å². The first-order chi connectivity index (χ1) is 15.2. The van der Waals surface area contributed by atoms with E-state index in [0.717, 1.165) is 64.5 Å². The van der Waals surface area contributed by atoms with Crippen molar-refractivity contribution in [3.8, 4) is 0 Å². The lowest BCUT2D eigenvalue weighted by Gasteiger charge is -2.40. The summed E-state index contributed by atoms with van der Waals surface area (Å²) in [4.78, 5) is 22.1. The second-order valence-electron chi connectivity index (χ2n) is 10.2. The van der Waals surface area contributed by atoms with Crippen LogP contribution in [-0.4, -0.2) is 76.0 Å². The molecule has 0 unspecified atom stereocenters. The van der Waals surface area contributed by atoms with Gasteiger partial charge >= 0.3 is 6.09 Å². The molecule has 0 atom stereocenters. The van der Waals surface area contributed by atoms with Crippen LogP contribution in [-0.2, 0) is 11.3 Å². The average Bonchev–Trinajstić information content (AvgIpc) is 3.46. The molecule has 8 nitrogen and oxygen atoms in total. The summed E-state index contributed by atoms with van der Waals surface area (Å²) in [6.07, 6.45) is 9.11. The predicted molar refractivity (Wildman–Crippen MR) is 143 cm³/mol. The summed E-state index contributed by atoms with van der Waals surface area (Å²) in [7, 11) is 0. The van der Waals surface area contributed by atoms with Crippen molar-refractivity contribution in [2.45, 2.75) is 84.9 Å². The fraction of sp³-hybridized carbons (Fsp3) is 0.792. The molecule has 1 aromatic rings. The Morgan fingerprint density at radius 2 is 1.97 bits per heavy atom. The van der Waals surface area contributed by atoms with Gasteiger partial charge in [-0.1, -0.05) is 0 Å². The van der Waals surface area contributed by atoms with Crippen LogP contribution < -0.4 is 5.32 Å². The Morgan fingerprint density at radius 3 is 2.52 bits per heavy atom. The number of nitrogens with zero attached hydrogens (tertiary/aromatic N) is 5. The molecular formula is C24H43IN6O2. The summed E-state index contributed by atoms with van der Waals surface area (Å²) < 4.78 is 7.71. The summed E-state index contributed by atoms with van der Waals surface area (Å²) in [6.45, 7) is 15.1. The summed E-state index contributed by atoms with van der Waals surface area (Å²) in [5.74, 6) is 1.63. The van der Waals surface area contributed by atoms with Crippen LogP contribution in [0, 0.1) is 12.8 Å². The molecule has 0 aromatic carbocycles. The lowest BCUT2D eigenvalue weighted by Crippen LogP contribution is -2.52. The molecule has 0 spiro atoms. The monoisotopic (exact) mass is 574 g/mol. The molecule has 1 amide bonds. The van der Waals surface area contributed by atoms with Crippen LogP contribution in [0.1, 0.15) is 65.4 Å². The Kier molecular flexibility index (Phi) is 10.8. The fourth-order valence-electron chi connectivity index (χ4n) is 4.09. The highest BCUT2D eigenvalue weighted by atomic mass is 127. The first-order valence-electron chi connectivity index (χ1n) is 12.3. The minimum Gasteiger partial charge on any atom is -0.444 e. The number of aromatic nitrogens is 2.